The Labute approximate surface area is 171 Å². The molecule has 4 aromatic rings. The molecule has 30 heavy (non-hydrogen) atoms. The molecule has 0 saturated heterocycles. The summed E-state index contributed by atoms with van der Waals surface area (Å²) in [5.74, 6) is 0.220. The first kappa shape index (κ1) is 17.9. The van der Waals surface area contributed by atoms with Crippen molar-refractivity contribution in [2.24, 2.45) is 0 Å². The molecular weight excluding hydrogens is 382 g/mol. The number of fused-ring (bicyclic) bond motifs is 2. The highest BCUT2D eigenvalue weighted by molar-refractivity contribution is 5.97. The first-order valence-corrected chi connectivity index (χ1v) is 9.39. The van der Waals surface area contributed by atoms with Crippen LogP contribution in [0, 0.1) is 0 Å². The molecule has 8 heteroatoms. The normalized spacial score (nSPS) is 12.7. The van der Waals surface area contributed by atoms with E-state index in [0.29, 0.717) is 17.1 Å². The van der Waals surface area contributed by atoms with Gasteiger partial charge in [-0.2, -0.15) is 5.10 Å². The molecule has 8 nitrogen and oxygen atoms in total. The minimum absolute atomic E-state index is 0.0270. The minimum Gasteiger partial charge on any atom is -0.482 e. The Bertz CT molecular complexity index is 1260. The lowest BCUT2D eigenvalue weighted by Gasteiger charge is -2.18. The zero-order valence-electron chi connectivity index (χ0n) is 15.8. The van der Waals surface area contributed by atoms with Gasteiger partial charge in [-0.3, -0.25) is 9.59 Å². The van der Waals surface area contributed by atoms with Crippen LogP contribution in [-0.4, -0.2) is 33.0 Å². The molecule has 2 aromatic heterocycles. The second-order valence-corrected chi connectivity index (χ2v) is 6.95. The van der Waals surface area contributed by atoms with E-state index in [1.165, 1.54) is 6.33 Å². The van der Waals surface area contributed by atoms with Gasteiger partial charge in [0.15, 0.2) is 12.3 Å². The molecule has 2 amide bonds. The van der Waals surface area contributed by atoms with Gasteiger partial charge < -0.3 is 15.4 Å². The van der Waals surface area contributed by atoms with Gasteiger partial charge in [0.1, 0.15) is 12.1 Å². The number of amides is 2. The van der Waals surface area contributed by atoms with Crippen LogP contribution in [0.1, 0.15) is 5.56 Å². The largest absolute Gasteiger partial charge is 0.482 e. The Kier molecular flexibility index (Phi) is 4.36. The average molecular weight is 399 g/mol. The van der Waals surface area contributed by atoms with Gasteiger partial charge in [-0.15, -0.1) is 0 Å². The van der Waals surface area contributed by atoms with E-state index in [2.05, 4.69) is 20.7 Å². The van der Waals surface area contributed by atoms with Gasteiger partial charge in [-0.1, -0.05) is 24.3 Å². The van der Waals surface area contributed by atoms with Crippen molar-refractivity contribution in [2.75, 3.05) is 17.2 Å². The summed E-state index contributed by atoms with van der Waals surface area (Å²) in [4.78, 5) is 28.0. The molecule has 0 unspecified atom stereocenters. The van der Waals surface area contributed by atoms with E-state index in [1.54, 1.807) is 22.7 Å². The fourth-order valence-corrected chi connectivity index (χ4v) is 3.35. The molecule has 148 valence electrons. The number of nitrogens with one attached hydrogen (secondary N) is 2. The smallest absolute Gasteiger partial charge is 0.262 e. The van der Waals surface area contributed by atoms with Crippen LogP contribution in [0.5, 0.6) is 5.75 Å². The maximum atomic E-state index is 12.4. The highest BCUT2D eigenvalue weighted by Gasteiger charge is 2.16. The lowest BCUT2D eigenvalue weighted by atomic mass is 10.0. The number of nitrogens with zero attached hydrogens (tertiary/aromatic N) is 3. The van der Waals surface area contributed by atoms with Gasteiger partial charge in [-0.05, 0) is 41.0 Å². The molecule has 1 aliphatic heterocycles. The van der Waals surface area contributed by atoms with Crippen LogP contribution < -0.4 is 15.4 Å². The summed E-state index contributed by atoms with van der Waals surface area (Å²) in [6, 6.07) is 16.9. The van der Waals surface area contributed by atoms with Crippen molar-refractivity contribution in [1.82, 2.24) is 14.6 Å². The van der Waals surface area contributed by atoms with E-state index in [9.17, 15) is 9.59 Å². The van der Waals surface area contributed by atoms with Crippen LogP contribution in [0.3, 0.4) is 0 Å². The molecule has 0 radical (unpaired) electrons. The van der Waals surface area contributed by atoms with Crippen molar-refractivity contribution in [2.45, 2.75) is 6.42 Å². The van der Waals surface area contributed by atoms with Gasteiger partial charge in [0.2, 0.25) is 5.91 Å². The van der Waals surface area contributed by atoms with Crippen molar-refractivity contribution in [3.05, 3.63) is 72.7 Å². The van der Waals surface area contributed by atoms with Crippen LogP contribution >= 0.6 is 0 Å². The standard InChI is InChI=1S/C22H17N5O3/c28-21(25-17-5-6-18-19(11-17)30-12-22(29)26-18)9-14-1-3-15(4-2-14)16-7-8-27-20(10-16)23-13-24-27/h1-8,10-11,13H,9,12H2,(H,25,28)(H,26,29). The SMILES string of the molecule is O=C(Cc1ccc(-c2ccn3ncnc3c2)cc1)Nc1ccc2c(c1)OCC(=O)N2. The predicted octanol–water partition coefficient (Wildman–Crippen LogP) is 2.91. The molecule has 0 spiro atoms. The zero-order valence-corrected chi connectivity index (χ0v) is 15.8. The molecule has 2 aromatic carbocycles. The topological polar surface area (TPSA) is 97.6 Å². The van der Waals surface area contributed by atoms with Gasteiger partial charge in [0.05, 0.1) is 12.1 Å². The second kappa shape index (κ2) is 7.32. The molecule has 2 N–H and O–H groups in total. The lowest BCUT2D eigenvalue weighted by Crippen LogP contribution is -2.25. The van der Waals surface area contributed by atoms with Gasteiger partial charge in [0.25, 0.3) is 5.91 Å². The summed E-state index contributed by atoms with van der Waals surface area (Å²) in [7, 11) is 0. The second-order valence-electron chi connectivity index (χ2n) is 6.95. The number of carbonyl (C=O) groups excluding carboxylic acids is 2. The van der Waals surface area contributed by atoms with Crippen molar-refractivity contribution in [3.63, 3.8) is 0 Å². The number of pyridine rings is 1. The monoisotopic (exact) mass is 399 g/mol. The number of carbonyl (C=O) groups is 2. The van der Waals surface area contributed by atoms with Crippen LogP contribution in [0.4, 0.5) is 11.4 Å². The van der Waals surface area contributed by atoms with E-state index in [0.717, 1.165) is 22.3 Å². The molecule has 3 heterocycles. The molecular formula is C22H17N5O3. The molecule has 0 aliphatic carbocycles. The predicted molar refractivity (Wildman–Crippen MR) is 111 cm³/mol. The summed E-state index contributed by atoms with van der Waals surface area (Å²) < 4.78 is 7.09. The summed E-state index contributed by atoms with van der Waals surface area (Å²) in [6.07, 6.45) is 3.64. The first-order valence-electron chi connectivity index (χ1n) is 9.39. The van der Waals surface area contributed by atoms with Crippen LogP contribution in [0.25, 0.3) is 16.8 Å². The third kappa shape index (κ3) is 3.58. The van der Waals surface area contributed by atoms with E-state index in [4.69, 9.17) is 4.74 Å². The number of benzene rings is 2. The average Bonchev–Trinajstić information content (AvgIpc) is 3.22. The third-order valence-electron chi connectivity index (χ3n) is 4.83. The maximum absolute atomic E-state index is 12.4. The number of rotatable bonds is 4. The molecule has 0 saturated carbocycles. The minimum atomic E-state index is -0.191. The van der Waals surface area contributed by atoms with Crippen LogP contribution in [0.2, 0.25) is 0 Å². The van der Waals surface area contributed by atoms with Crippen LogP contribution in [0.15, 0.2) is 67.1 Å². The van der Waals surface area contributed by atoms with Crippen molar-refractivity contribution in [1.29, 1.82) is 0 Å². The Balaban J connectivity index is 1.25. The number of anilines is 2. The molecule has 0 atom stereocenters. The van der Waals surface area contributed by atoms with Crippen molar-refractivity contribution >= 4 is 28.8 Å². The fraction of sp³-hybridized carbons (Fsp3) is 0.0909. The first-order chi connectivity index (χ1) is 14.6. The zero-order chi connectivity index (χ0) is 20.5. The summed E-state index contributed by atoms with van der Waals surface area (Å²) >= 11 is 0. The lowest BCUT2D eigenvalue weighted by molar-refractivity contribution is -0.118. The Hall–Kier alpha value is -4.20. The molecule has 1 aliphatic rings. The molecule has 0 bridgehead atoms. The summed E-state index contributed by atoms with van der Waals surface area (Å²) in [6.45, 7) is -0.0270. The summed E-state index contributed by atoms with van der Waals surface area (Å²) in [5, 5.41) is 9.68. The Morgan fingerprint density at radius 1 is 1.10 bits per heavy atom. The van der Waals surface area contributed by atoms with Gasteiger partial charge in [-0.25, -0.2) is 9.50 Å². The van der Waals surface area contributed by atoms with Crippen molar-refractivity contribution < 1.29 is 14.3 Å². The van der Waals surface area contributed by atoms with Gasteiger partial charge >= 0.3 is 0 Å². The molecule has 5 rings (SSSR count). The van der Waals surface area contributed by atoms with E-state index >= 15 is 0 Å². The number of ether oxygens (including phenoxy) is 1. The third-order valence-corrected chi connectivity index (χ3v) is 4.83. The molecule has 0 fully saturated rings. The Morgan fingerprint density at radius 3 is 2.83 bits per heavy atom. The highest BCUT2D eigenvalue weighted by atomic mass is 16.5. The summed E-state index contributed by atoms with van der Waals surface area (Å²) in [5.41, 5.74) is 4.98. The fourth-order valence-electron chi connectivity index (χ4n) is 3.35. The number of aromatic nitrogens is 3. The van der Waals surface area contributed by atoms with E-state index in [-0.39, 0.29) is 24.8 Å². The number of hydrogen-bond acceptors (Lipinski definition) is 5. The van der Waals surface area contributed by atoms with Crippen molar-refractivity contribution in [3.8, 4) is 16.9 Å². The van der Waals surface area contributed by atoms with Crippen LogP contribution in [-0.2, 0) is 16.0 Å². The number of hydrogen-bond donors (Lipinski definition) is 2. The van der Waals surface area contributed by atoms with E-state index in [1.807, 2.05) is 42.6 Å². The maximum Gasteiger partial charge on any atom is 0.262 e. The van der Waals surface area contributed by atoms with Gasteiger partial charge in [0, 0.05) is 18.0 Å². The quantitative estimate of drug-likeness (QED) is 0.550. The Morgan fingerprint density at radius 2 is 1.97 bits per heavy atom. The highest BCUT2D eigenvalue weighted by Crippen LogP contribution is 2.30. The van der Waals surface area contributed by atoms with E-state index < -0.39 is 0 Å².